The van der Waals surface area contributed by atoms with Crippen molar-refractivity contribution < 1.29 is 46.6 Å². The molecule has 13 heteroatoms. The maximum Gasteiger partial charge on any atom is 0.493 e. The maximum absolute atomic E-state index is 13.0. The minimum absolute atomic E-state index is 0.0384. The molecule has 0 saturated carbocycles. The van der Waals surface area contributed by atoms with E-state index in [1.54, 1.807) is 0 Å². The molecular weight excluding hydrogens is 512 g/mol. The molecule has 3 rings (SSSR count). The van der Waals surface area contributed by atoms with Crippen molar-refractivity contribution in [1.29, 1.82) is 0 Å². The lowest BCUT2D eigenvalue weighted by Crippen LogP contribution is -2.38. The monoisotopic (exact) mass is 534 g/mol. The molecule has 0 radical (unpaired) electrons. The van der Waals surface area contributed by atoms with E-state index in [0.717, 1.165) is 13.0 Å². The number of carbonyl (C=O) groups is 2. The molecule has 2 atom stereocenters. The molecule has 1 saturated heterocycles. The highest BCUT2D eigenvalue weighted by atomic mass is 35.5. The van der Waals surface area contributed by atoms with E-state index in [1.165, 1.54) is 36.4 Å². The van der Waals surface area contributed by atoms with E-state index >= 15 is 0 Å². The summed E-state index contributed by atoms with van der Waals surface area (Å²) >= 11 is 5.90. The van der Waals surface area contributed by atoms with Crippen molar-refractivity contribution in [2.75, 3.05) is 31.3 Å². The Bertz CT molecular complexity index is 1070. The molecule has 1 N–H and O–H groups in total. The minimum atomic E-state index is -5.34. The number of likely N-dealkylation sites (tertiary alicyclic amines) is 1. The normalized spacial score (nSPS) is 16.9. The highest BCUT2D eigenvalue weighted by Gasteiger charge is 2.43. The number of ether oxygens (including phenoxy) is 2. The van der Waals surface area contributed by atoms with Crippen LogP contribution in [-0.4, -0.2) is 66.5 Å². The van der Waals surface area contributed by atoms with Crippen LogP contribution in [0.3, 0.4) is 0 Å². The van der Waals surface area contributed by atoms with Gasteiger partial charge in [0.2, 0.25) is 0 Å². The Morgan fingerprint density at radius 1 is 1.22 bits per heavy atom. The van der Waals surface area contributed by atoms with Crippen LogP contribution < -0.4 is 14.5 Å². The van der Waals surface area contributed by atoms with Crippen LogP contribution in [0, 0.1) is 5.82 Å². The number of aliphatic hydroxyl groups is 1. The summed E-state index contributed by atoms with van der Waals surface area (Å²) in [5, 5.41) is 10.6. The van der Waals surface area contributed by atoms with Crippen molar-refractivity contribution in [2.24, 2.45) is 0 Å². The molecule has 0 spiro atoms. The first-order chi connectivity index (χ1) is 16.9. The SMILES string of the molecule is CC(=O)N(OC(=O)C(F)(F)F)c1cc(Cl)ccc1OCC(O)CN1CCC(Oc2ccc(F)cc2)C1. The van der Waals surface area contributed by atoms with E-state index in [4.69, 9.17) is 21.1 Å². The van der Waals surface area contributed by atoms with E-state index in [9.17, 15) is 32.3 Å². The summed E-state index contributed by atoms with van der Waals surface area (Å²) in [6.07, 6.45) is -5.82. The van der Waals surface area contributed by atoms with Crippen LogP contribution in [0.25, 0.3) is 0 Å². The number of β-amino-alcohol motifs (C(OH)–C–C–N with tert-alkyl or cyclic N) is 1. The second kappa shape index (κ2) is 11.8. The number of hydroxylamine groups is 1. The number of rotatable bonds is 8. The third-order valence-corrected chi connectivity index (χ3v) is 5.31. The second-order valence-electron chi connectivity index (χ2n) is 8.01. The third kappa shape index (κ3) is 7.70. The molecule has 36 heavy (non-hydrogen) atoms. The van der Waals surface area contributed by atoms with E-state index in [2.05, 4.69) is 4.84 Å². The van der Waals surface area contributed by atoms with Gasteiger partial charge >= 0.3 is 12.1 Å². The van der Waals surface area contributed by atoms with Crippen molar-refractivity contribution in [1.82, 2.24) is 4.90 Å². The lowest BCUT2D eigenvalue weighted by atomic mass is 10.2. The third-order valence-electron chi connectivity index (χ3n) is 5.08. The van der Waals surface area contributed by atoms with Crippen LogP contribution in [0.2, 0.25) is 5.02 Å². The van der Waals surface area contributed by atoms with Crippen molar-refractivity contribution in [3.05, 3.63) is 53.3 Å². The molecule has 8 nitrogen and oxygen atoms in total. The van der Waals surface area contributed by atoms with E-state index in [0.29, 0.717) is 25.3 Å². The van der Waals surface area contributed by atoms with Crippen molar-refractivity contribution >= 4 is 29.2 Å². The zero-order chi connectivity index (χ0) is 26.5. The highest BCUT2D eigenvalue weighted by Crippen LogP contribution is 2.33. The van der Waals surface area contributed by atoms with Gasteiger partial charge in [0.1, 0.15) is 41.8 Å². The molecule has 1 heterocycles. The van der Waals surface area contributed by atoms with Gasteiger partial charge in [0.15, 0.2) is 0 Å². The number of hydrogen-bond donors (Lipinski definition) is 1. The molecule has 2 unspecified atom stereocenters. The summed E-state index contributed by atoms with van der Waals surface area (Å²) in [4.78, 5) is 29.3. The van der Waals surface area contributed by atoms with Crippen molar-refractivity contribution in [2.45, 2.75) is 31.7 Å². The van der Waals surface area contributed by atoms with Gasteiger partial charge < -0.3 is 19.4 Å². The smallest absolute Gasteiger partial charge is 0.489 e. The zero-order valence-corrected chi connectivity index (χ0v) is 19.8. The van der Waals surface area contributed by atoms with Crippen LogP contribution in [0.1, 0.15) is 13.3 Å². The molecule has 0 aromatic heterocycles. The number of alkyl halides is 3. The topological polar surface area (TPSA) is 88.5 Å². The summed E-state index contributed by atoms with van der Waals surface area (Å²) in [5.74, 6) is -3.61. The average molecular weight is 535 g/mol. The Hall–Kier alpha value is -3.09. The number of halogens is 5. The Morgan fingerprint density at radius 3 is 2.56 bits per heavy atom. The van der Waals surface area contributed by atoms with Crippen LogP contribution in [-0.2, 0) is 14.4 Å². The molecule has 0 bridgehead atoms. The Kier molecular flexibility index (Phi) is 8.98. The van der Waals surface area contributed by atoms with Crippen LogP contribution >= 0.6 is 11.6 Å². The average Bonchev–Trinajstić information content (AvgIpc) is 3.23. The van der Waals surface area contributed by atoms with Crippen LogP contribution in [0.5, 0.6) is 11.5 Å². The van der Waals surface area contributed by atoms with E-state index in [-0.39, 0.29) is 46.6 Å². The molecule has 1 fully saturated rings. The molecular formula is C23H23ClF4N2O6. The van der Waals surface area contributed by atoms with Crippen LogP contribution in [0.4, 0.5) is 23.2 Å². The van der Waals surface area contributed by atoms with Crippen LogP contribution in [0.15, 0.2) is 42.5 Å². The Morgan fingerprint density at radius 2 is 1.92 bits per heavy atom. The van der Waals surface area contributed by atoms with Crippen molar-refractivity contribution in [3.63, 3.8) is 0 Å². The molecule has 2 aromatic carbocycles. The predicted molar refractivity (Wildman–Crippen MR) is 120 cm³/mol. The van der Waals surface area contributed by atoms with Gasteiger partial charge in [-0.1, -0.05) is 11.6 Å². The Balaban J connectivity index is 1.58. The fourth-order valence-corrected chi connectivity index (χ4v) is 3.66. The number of amides is 1. The van der Waals surface area contributed by atoms with Gasteiger partial charge in [-0.3, -0.25) is 9.69 Å². The first-order valence-electron chi connectivity index (χ1n) is 10.8. The number of aliphatic hydroxyl groups excluding tert-OH is 1. The first kappa shape index (κ1) is 27.5. The quantitative estimate of drug-likeness (QED) is 0.408. The van der Waals surface area contributed by atoms with Gasteiger partial charge in [0.25, 0.3) is 5.91 Å². The van der Waals surface area contributed by atoms with Gasteiger partial charge in [0.05, 0.1) is 0 Å². The molecule has 0 aliphatic carbocycles. The molecule has 2 aromatic rings. The minimum Gasteiger partial charge on any atom is -0.489 e. The number of benzene rings is 2. The first-order valence-corrected chi connectivity index (χ1v) is 11.1. The van der Waals surface area contributed by atoms with Gasteiger partial charge in [-0.05, 0) is 48.9 Å². The maximum atomic E-state index is 13.0. The van der Waals surface area contributed by atoms with Gasteiger partial charge in [-0.15, -0.1) is 5.06 Å². The van der Waals surface area contributed by atoms with E-state index in [1.807, 2.05) is 4.90 Å². The van der Waals surface area contributed by atoms with Gasteiger partial charge in [-0.2, -0.15) is 13.2 Å². The second-order valence-corrected chi connectivity index (χ2v) is 8.45. The van der Waals surface area contributed by atoms with Gasteiger partial charge in [0, 0.05) is 31.6 Å². The largest absolute Gasteiger partial charge is 0.493 e. The molecule has 196 valence electrons. The summed E-state index contributed by atoms with van der Waals surface area (Å²) in [6.45, 7) is 1.94. The number of carbonyl (C=O) groups excluding carboxylic acids is 2. The summed E-state index contributed by atoms with van der Waals surface area (Å²) in [6, 6.07) is 9.36. The summed E-state index contributed by atoms with van der Waals surface area (Å²) < 4.78 is 62.3. The number of nitrogens with zero attached hydrogens (tertiary/aromatic N) is 2. The fraction of sp³-hybridized carbons (Fsp3) is 0.391. The van der Waals surface area contributed by atoms with Gasteiger partial charge in [-0.25, -0.2) is 9.18 Å². The lowest BCUT2D eigenvalue weighted by molar-refractivity contribution is -0.201. The van der Waals surface area contributed by atoms with E-state index < -0.39 is 24.2 Å². The predicted octanol–water partition coefficient (Wildman–Crippen LogP) is 3.75. The molecule has 1 aliphatic heterocycles. The summed E-state index contributed by atoms with van der Waals surface area (Å²) in [5.41, 5.74) is -0.339. The molecule has 1 aliphatic rings. The number of hydrogen-bond acceptors (Lipinski definition) is 7. The zero-order valence-electron chi connectivity index (χ0n) is 19.0. The van der Waals surface area contributed by atoms with Crippen molar-refractivity contribution in [3.8, 4) is 11.5 Å². The summed E-state index contributed by atoms with van der Waals surface area (Å²) in [7, 11) is 0. The lowest BCUT2D eigenvalue weighted by Gasteiger charge is -2.24. The number of anilines is 1. The highest BCUT2D eigenvalue weighted by molar-refractivity contribution is 6.31. The fourth-order valence-electron chi connectivity index (χ4n) is 3.49. The Labute approximate surface area is 208 Å². The molecule has 1 amide bonds. The standard InChI is InChI=1S/C23H23ClF4N2O6/c1-14(31)30(36-22(33)23(26,27)28)20-10-15(24)2-7-21(20)34-13-17(32)11-29-9-8-19(12-29)35-18-5-3-16(25)4-6-18/h2-7,10,17,19,32H,8-9,11-13H2,1H3.